The number of benzene rings is 1. The lowest BCUT2D eigenvalue weighted by atomic mass is 10.1. The number of halogens is 2. The van der Waals surface area contributed by atoms with Gasteiger partial charge in [-0.2, -0.15) is 0 Å². The van der Waals surface area contributed by atoms with Crippen LogP contribution < -0.4 is 5.73 Å². The lowest BCUT2D eigenvalue weighted by Gasteiger charge is -2.21. The number of hydrogen-bond donors (Lipinski definition) is 1. The van der Waals surface area contributed by atoms with Gasteiger partial charge in [-0.15, -0.1) is 0 Å². The van der Waals surface area contributed by atoms with Crippen LogP contribution in [0, 0.1) is 0 Å². The molecule has 1 aromatic carbocycles. The molecule has 0 bridgehead atoms. The minimum absolute atomic E-state index is 0.0621. The number of hydrogen-bond acceptors (Lipinski definition) is 2. The SMILES string of the molecule is CCC[C@@H](N)C(=O)N(C)Cc1cc(Cl)cc(Cl)c1. The Bertz CT molecular complexity index is 403. The second-order valence-corrected chi connectivity index (χ2v) is 5.24. The van der Waals surface area contributed by atoms with Gasteiger partial charge in [0.2, 0.25) is 5.91 Å². The predicted molar refractivity (Wildman–Crippen MR) is 75.8 cm³/mol. The third-order valence-corrected chi connectivity index (χ3v) is 3.07. The molecule has 0 fully saturated rings. The first-order valence-corrected chi connectivity index (χ1v) is 6.65. The van der Waals surface area contributed by atoms with Gasteiger partial charge >= 0.3 is 0 Å². The van der Waals surface area contributed by atoms with Crippen molar-refractivity contribution in [2.75, 3.05) is 7.05 Å². The molecule has 1 rings (SSSR count). The van der Waals surface area contributed by atoms with E-state index >= 15 is 0 Å². The number of carbonyl (C=O) groups is 1. The van der Waals surface area contributed by atoms with Gasteiger partial charge < -0.3 is 10.6 Å². The second-order valence-electron chi connectivity index (χ2n) is 4.37. The Balaban J connectivity index is 2.69. The van der Waals surface area contributed by atoms with Crippen LogP contribution in [0.3, 0.4) is 0 Å². The monoisotopic (exact) mass is 288 g/mol. The molecule has 1 aromatic rings. The number of nitrogens with two attached hydrogens (primary N) is 1. The number of nitrogens with zero attached hydrogens (tertiary/aromatic N) is 1. The summed E-state index contributed by atoms with van der Waals surface area (Å²) in [6.07, 6.45) is 1.59. The highest BCUT2D eigenvalue weighted by molar-refractivity contribution is 6.34. The molecule has 0 aromatic heterocycles. The van der Waals surface area contributed by atoms with E-state index in [1.165, 1.54) is 0 Å². The van der Waals surface area contributed by atoms with Crippen LogP contribution >= 0.6 is 23.2 Å². The molecule has 0 radical (unpaired) electrons. The summed E-state index contributed by atoms with van der Waals surface area (Å²) < 4.78 is 0. The van der Waals surface area contributed by atoms with Crippen molar-refractivity contribution in [1.82, 2.24) is 4.90 Å². The molecule has 0 aliphatic heterocycles. The van der Waals surface area contributed by atoms with Crippen LogP contribution in [0.15, 0.2) is 18.2 Å². The minimum Gasteiger partial charge on any atom is -0.340 e. The molecule has 0 aliphatic rings. The summed E-state index contributed by atoms with van der Waals surface area (Å²) in [5.41, 5.74) is 6.69. The van der Waals surface area contributed by atoms with E-state index in [2.05, 4.69) is 0 Å². The van der Waals surface area contributed by atoms with Crippen LogP contribution in [0.1, 0.15) is 25.3 Å². The summed E-state index contributed by atoms with van der Waals surface area (Å²) in [5.74, 6) is -0.0621. The van der Waals surface area contributed by atoms with Crippen LogP contribution in [0.5, 0.6) is 0 Å². The van der Waals surface area contributed by atoms with Crippen molar-refractivity contribution >= 4 is 29.1 Å². The smallest absolute Gasteiger partial charge is 0.239 e. The Morgan fingerprint density at radius 2 is 1.89 bits per heavy atom. The Kier molecular flexibility index (Phi) is 5.93. The third-order valence-electron chi connectivity index (χ3n) is 2.64. The van der Waals surface area contributed by atoms with Crippen molar-refractivity contribution in [3.63, 3.8) is 0 Å². The molecule has 0 saturated carbocycles. The maximum absolute atomic E-state index is 11.9. The topological polar surface area (TPSA) is 46.3 Å². The number of amides is 1. The van der Waals surface area contributed by atoms with Gasteiger partial charge in [-0.25, -0.2) is 0 Å². The molecule has 1 atom stereocenters. The molecule has 3 nitrogen and oxygen atoms in total. The van der Waals surface area contributed by atoms with Gasteiger partial charge in [0.1, 0.15) is 0 Å². The first kappa shape index (κ1) is 15.3. The summed E-state index contributed by atoms with van der Waals surface area (Å²) >= 11 is 11.8. The Labute approximate surface area is 118 Å². The number of carbonyl (C=O) groups excluding carboxylic acids is 1. The quantitative estimate of drug-likeness (QED) is 0.905. The second kappa shape index (κ2) is 6.98. The molecule has 1 amide bonds. The van der Waals surface area contributed by atoms with E-state index in [4.69, 9.17) is 28.9 Å². The molecular weight excluding hydrogens is 271 g/mol. The van der Waals surface area contributed by atoms with E-state index in [-0.39, 0.29) is 5.91 Å². The average Bonchev–Trinajstić information content (AvgIpc) is 2.26. The van der Waals surface area contributed by atoms with Crippen molar-refractivity contribution in [2.45, 2.75) is 32.4 Å². The maximum atomic E-state index is 11.9. The van der Waals surface area contributed by atoms with E-state index in [0.717, 1.165) is 12.0 Å². The van der Waals surface area contributed by atoms with Crippen molar-refractivity contribution in [3.05, 3.63) is 33.8 Å². The normalized spacial score (nSPS) is 12.3. The Morgan fingerprint density at radius 1 is 1.33 bits per heavy atom. The van der Waals surface area contributed by atoms with E-state index < -0.39 is 6.04 Å². The highest BCUT2D eigenvalue weighted by Gasteiger charge is 2.17. The number of rotatable bonds is 5. The van der Waals surface area contributed by atoms with Gasteiger partial charge in [0.25, 0.3) is 0 Å². The summed E-state index contributed by atoms with van der Waals surface area (Å²) in [6, 6.07) is 4.82. The third kappa shape index (κ3) is 4.48. The summed E-state index contributed by atoms with van der Waals surface area (Å²) in [4.78, 5) is 13.5. The van der Waals surface area contributed by atoms with Crippen LogP contribution in [-0.4, -0.2) is 23.9 Å². The maximum Gasteiger partial charge on any atom is 0.239 e. The molecule has 0 aliphatic carbocycles. The molecule has 0 spiro atoms. The van der Waals surface area contributed by atoms with E-state index in [9.17, 15) is 4.79 Å². The minimum atomic E-state index is -0.436. The zero-order valence-electron chi connectivity index (χ0n) is 10.6. The largest absolute Gasteiger partial charge is 0.340 e. The molecule has 0 heterocycles. The molecule has 0 saturated heterocycles. The molecule has 0 unspecified atom stereocenters. The van der Waals surface area contributed by atoms with E-state index in [1.807, 2.05) is 6.92 Å². The van der Waals surface area contributed by atoms with E-state index in [0.29, 0.717) is 23.0 Å². The van der Waals surface area contributed by atoms with Gasteiger partial charge in [-0.3, -0.25) is 4.79 Å². The summed E-state index contributed by atoms with van der Waals surface area (Å²) in [6.45, 7) is 2.46. The zero-order chi connectivity index (χ0) is 13.7. The fraction of sp³-hybridized carbons (Fsp3) is 0.462. The molecular formula is C13H18Cl2N2O. The summed E-state index contributed by atoms with van der Waals surface area (Å²) in [7, 11) is 1.73. The molecule has 2 N–H and O–H groups in total. The standard InChI is InChI=1S/C13H18Cl2N2O/c1-3-4-12(16)13(18)17(2)8-9-5-10(14)7-11(15)6-9/h5-7,12H,3-4,8,16H2,1-2H3/t12-/m1/s1. The van der Waals surface area contributed by atoms with Gasteiger partial charge in [-0.05, 0) is 30.2 Å². The van der Waals surface area contributed by atoms with Crippen LogP contribution in [0.2, 0.25) is 10.0 Å². The van der Waals surface area contributed by atoms with Crippen molar-refractivity contribution in [2.24, 2.45) is 5.73 Å². The van der Waals surface area contributed by atoms with Crippen molar-refractivity contribution in [1.29, 1.82) is 0 Å². The highest BCUT2D eigenvalue weighted by Crippen LogP contribution is 2.20. The van der Waals surface area contributed by atoms with Crippen molar-refractivity contribution < 1.29 is 4.79 Å². The molecule has 18 heavy (non-hydrogen) atoms. The highest BCUT2D eigenvalue weighted by atomic mass is 35.5. The lowest BCUT2D eigenvalue weighted by Crippen LogP contribution is -2.41. The fourth-order valence-corrected chi connectivity index (χ4v) is 2.34. The lowest BCUT2D eigenvalue weighted by molar-refractivity contribution is -0.131. The summed E-state index contributed by atoms with van der Waals surface area (Å²) in [5, 5.41) is 1.13. The van der Waals surface area contributed by atoms with E-state index in [1.54, 1.807) is 30.1 Å². The van der Waals surface area contributed by atoms with Crippen LogP contribution in [-0.2, 0) is 11.3 Å². The first-order valence-electron chi connectivity index (χ1n) is 5.89. The van der Waals surface area contributed by atoms with Gasteiger partial charge in [0.15, 0.2) is 0 Å². The van der Waals surface area contributed by atoms with Crippen molar-refractivity contribution in [3.8, 4) is 0 Å². The average molecular weight is 289 g/mol. The first-order chi connectivity index (χ1) is 8.43. The predicted octanol–water partition coefficient (Wildman–Crippen LogP) is 3.08. The Morgan fingerprint density at radius 3 is 2.39 bits per heavy atom. The number of likely N-dealkylation sites (N-methyl/N-ethyl adjacent to an activating group) is 1. The fourth-order valence-electron chi connectivity index (χ4n) is 1.77. The molecule has 100 valence electrons. The zero-order valence-corrected chi connectivity index (χ0v) is 12.1. The van der Waals surface area contributed by atoms with Crippen LogP contribution in [0.25, 0.3) is 0 Å². The van der Waals surface area contributed by atoms with Gasteiger partial charge in [0.05, 0.1) is 6.04 Å². The molecule has 5 heteroatoms. The van der Waals surface area contributed by atoms with Crippen LogP contribution in [0.4, 0.5) is 0 Å². The Hall–Kier alpha value is -0.770. The van der Waals surface area contributed by atoms with Gasteiger partial charge in [-0.1, -0.05) is 36.5 Å². The van der Waals surface area contributed by atoms with Gasteiger partial charge in [0, 0.05) is 23.6 Å².